The van der Waals surface area contributed by atoms with Crippen molar-refractivity contribution in [2.45, 2.75) is 19.3 Å². The summed E-state index contributed by atoms with van der Waals surface area (Å²) >= 11 is 7.32. The first kappa shape index (κ1) is 19.6. The standard InChI is InChI=1S/C22H20ClN3O2S/c23-16-10-8-15(9-11-16)21-25-19(14-29-21)20(27)24-18-7-3-2-6-17(18)22(28)26-12-4-1-5-13-26/h2-3,6-11,14H,1,4-5,12-13H2,(H,24,27). The first-order chi connectivity index (χ1) is 14.1. The summed E-state index contributed by atoms with van der Waals surface area (Å²) < 4.78 is 0. The quantitative estimate of drug-likeness (QED) is 0.613. The number of aromatic nitrogens is 1. The second-order valence-corrected chi connectivity index (χ2v) is 8.19. The Labute approximate surface area is 178 Å². The molecular weight excluding hydrogens is 406 g/mol. The van der Waals surface area contributed by atoms with Crippen LogP contribution in [0.25, 0.3) is 10.6 Å². The van der Waals surface area contributed by atoms with E-state index in [4.69, 9.17) is 11.6 Å². The Hall–Kier alpha value is -2.70. The number of thiazole rings is 1. The summed E-state index contributed by atoms with van der Waals surface area (Å²) in [5, 5.41) is 5.97. The van der Waals surface area contributed by atoms with Crippen molar-refractivity contribution < 1.29 is 9.59 Å². The fraction of sp³-hybridized carbons (Fsp3) is 0.227. The number of carbonyl (C=O) groups excluding carboxylic acids is 2. The summed E-state index contributed by atoms with van der Waals surface area (Å²) in [6.07, 6.45) is 3.20. The first-order valence-corrected chi connectivity index (χ1v) is 10.8. The molecule has 1 aromatic heterocycles. The molecule has 0 bridgehead atoms. The SMILES string of the molecule is O=C(Nc1ccccc1C(=O)N1CCCCC1)c1csc(-c2ccc(Cl)cc2)n1. The Morgan fingerprint density at radius 3 is 2.48 bits per heavy atom. The van der Waals surface area contributed by atoms with E-state index in [0.29, 0.717) is 22.0 Å². The smallest absolute Gasteiger partial charge is 0.275 e. The molecule has 0 aliphatic carbocycles. The highest BCUT2D eigenvalue weighted by molar-refractivity contribution is 7.13. The maximum atomic E-state index is 12.9. The molecule has 29 heavy (non-hydrogen) atoms. The van der Waals surface area contributed by atoms with Gasteiger partial charge < -0.3 is 10.2 Å². The Kier molecular flexibility index (Phi) is 5.92. The predicted molar refractivity (Wildman–Crippen MR) is 117 cm³/mol. The molecule has 7 heteroatoms. The van der Waals surface area contributed by atoms with E-state index in [1.54, 1.807) is 29.6 Å². The van der Waals surface area contributed by atoms with Crippen molar-refractivity contribution in [3.63, 3.8) is 0 Å². The molecule has 1 N–H and O–H groups in total. The number of piperidine rings is 1. The van der Waals surface area contributed by atoms with Crippen LogP contribution in [0.1, 0.15) is 40.1 Å². The zero-order valence-corrected chi connectivity index (χ0v) is 17.3. The minimum Gasteiger partial charge on any atom is -0.339 e. The molecule has 2 amide bonds. The van der Waals surface area contributed by atoms with Crippen LogP contribution < -0.4 is 5.32 Å². The maximum Gasteiger partial charge on any atom is 0.275 e. The van der Waals surface area contributed by atoms with Crippen LogP contribution in [0, 0.1) is 0 Å². The summed E-state index contributed by atoms with van der Waals surface area (Å²) in [5.74, 6) is -0.374. The summed E-state index contributed by atoms with van der Waals surface area (Å²) in [6.45, 7) is 1.52. The lowest BCUT2D eigenvalue weighted by molar-refractivity contribution is 0.0725. The minimum absolute atomic E-state index is 0.0410. The monoisotopic (exact) mass is 425 g/mol. The molecule has 0 saturated carbocycles. The van der Waals surface area contributed by atoms with Crippen LogP contribution in [0.5, 0.6) is 0 Å². The Bertz CT molecular complexity index is 1030. The van der Waals surface area contributed by atoms with Gasteiger partial charge in [0, 0.05) is 29.1 Å². The molecule has 1 aliphatic rings. The zero-order valence-electron chi connectivity index (χ0n) is 15.7. The van der Waals surface area contributed by atoms with E-state index in [1.807, 2.05) is 29.2 Å². The topological polar surface area (TPSA) is 62.3 Å². The lowest BCUT2D eigenvalue weighted by Crippen LogP contribution is -2.36. The van der Waals surface area contributed by atoms with Gasteiger partial charge in [0.25, 0.3) is 11.8 Å². The molecular formula is C22H20ClN3O2S. The van der Waals surface area contributed by atoms with E-state index in [2.05, 4.69) is 10.3 Å². The van der Waals surface area contributed by atoms with Crippen LogP contribution in [0.2, 0.25) is 5.02 Å². The third kappa shape index (κ3) is 4.49. The van der Waals surface area contributed by atoms with Gasteiger partial charge in [-0.25, -0.2) is 4.98 Å². The van der Waals surface area contributed by atoms with Crippen molar-refractivity contribution in [1.29, 1.82) is 0 Å². The highest BCUT2D eigenvalue weighted by Gasteiger charge is 2.22. The van der Waals surface area contributed by atoms with Crippen LogP contribution in [-0.2, 0) is 0 Å². The Morgan fingerprint density at radius 1 is 1.00 bits per heavy atom. The number of nitrogens with one attached hydrogen (secondary N) is 1. The second kappa shape index (κ2) is 8.76. The number of benzene rings is 2. The number of hydrogen-bond donors (Lipinski definition) is 1. The molecule has 148 valence electrons. The molecule has 0 atom stereocenters. The number of rotatable bonds is 4. The highest BCUT2D eigenvalue weighted by atomic mass is 35.5. The minimum atomic E-state index is -0.333. The van der Waals surface area contributed by atoms with Crippen LogP contribution in [0.4, 0.5) is 5.69 Å². The lowest BCUT2D eigenvalue weighted by atomic mass is 10.1. The number of anilines is 1. The second-order valence-electron chi connectivity index (χ2n) is 6.90. The van der Waals surface area contributed by atoms with E-state index in [0.717, 1.165) is 42.9 Å². The molecule has 0 unspecified atom stereocenters. The van der Waals surface area contributed by atoms with Gasteiger partial charge in [0.2, 0.25) is 0 Å². The van der Waals surface area contributed by atoms with Crippen molar-refractivity contribution in [2.75, 3.05) is 18.4 Å². The van der Waals surface area contributed by atoms with E-state index in [-0.39, 0.29) is 11.8 Å². The van der Waals surface area contributed by atoms with Gasteiger partial charge in [-0.3, -0.25) is 9.59 Å². The number of likely N-dealkylation sites (tertiary alicyclic amines) is 1. The van der Waals surface area contributed by atoms with Crippen LogP contribution in [0.3, 0.4) is 0 Å². The number of para-hydroxylation sites is 1. The first-order valence-electron chi connectivity index (χ1n) is 9.53. The van der Waals surface area contributed by atoms with Gasteiger partial charge in [0.05, 0.1) is 11.3 Å². The molecule has 3 aromatic rings. The number of halogens is 1. The number of hydrogen-bond acceptors (Lipinski definition) is 4. The van der Waals surface area contributed by atoms with Gasteiger partial charge in [0.1, 0.15) is 10.7 Å². The van der Waals surface area contributed by atoms with Gasteiger partial charge in [-0.15, -0.1) is 11.3 Å². The fourth-order valence-electron chi connectivity index (χ4n) is 3.34. The molecule has 4 rings (SSSR count). The highest BCUT2D eigenvalue weighted by Crippen LogP contribution is 2.26. The van der Waals surface area contributed by atoms with Gasteiger partial charge in [-0.2, -0.15) is 0 Å². The summed E-state index contributed by atoms with van der Waals surface area (Å²) in [6, 6.07) is 14.5. The number of carbonyl (C=O) groups is 2. The summed E-state index contributed by atoms with van der Waals surface area (Å²) in [4.78, 5) is 32.0. The molecule has 0 spiro atoms. The van der Waals surface area contributed by atoms with Gasteiger partial charge in [-0.1, -0.05) is 35.9 Å². The van der Waals surface area contributed by atoms with Gasteiger partial charge in [0.15, 0.2) is 0 Å². The van der Waals surface area contributed by atoms with Crippen molar-refractivity contribution >= 4 is 40.4 Å². The third-order valence-corrected chi connectivity index (χ3v) is 6.02. The zero-order chi connectivity index (χ0) is 20.2. The molecule has 2 heterocycles. The van der Waals surface area contributed by atoms with E-state index >= 15 is 0 Å². The fourth-order valence-corrected chi connectivity index (χ4v) is 4.27. The average Bonchev–Trinajstić information content (AvgIpc) is 3.25. The van der Waals surface area contributed by atoms with Gasteiger partial charge >= 0.3 is 0 Å². The molecule has 5 nitrogen and oxygen atoms in total. The molecule has 0 radical (unpaired) electrons. The Morgan fingerprint density at radius 2 is 1.72 bits per heavy atom. The van der Waals surface area contributed by atoms with Gasteiger partial charge in [-0.05, 0) is 43.5 Å². The maximum absolute atomic E-state index is 12.9. The summed E-state index contributed by atoms with van der Waals surface area (Å²) in [7, 11) is 0. The number of nitrogens with zero attached hydrogens (tertiary/aromatic N) is 2. The van der Waals surface area contributed by atoms with E-state index in [1.165, 1.54) is 11.3 Å². The molecule has 1 saturated heterocycles. The molecule has 2 aromatic carbocycles. The normalized spacial score (nSPS) is 13.9. The van der Waals surface area contributed by atoms with Crippen molar-refractivity contribution in [2.24, 2.45) is 0 Å². The Balaban J connectivity index is 1.52. The third-order valence-electron chi connectivity index (χ3n) is 4.88. The van der Waals surface area contributed by atoms with Crippen LogP contribution >= 0.6 is 22.9 Å². The average molecular weight is 426 g/mol. The number of amides is 2. The largest absolute Gasteiger partial charge is 0.339 e. The molecule has 1 aliphatic heterocycles. The summed E-state index contributed by atoms with van der Waals surface area (Å²) in [5.41, 5.74) is 2.24. The van der Waals surface area contributed by atoms with Crippen molar-refractivity contribution in [3.8, 4) is 10.6 Å². The van der Waals surface area contributed by atoms with E-state index in [9.17, 15) is 9.59 Å². The van der Waals surface area contributed by atoms with Crippen molar-refractivity contribution in [1.82, 2.24) is 9.88 Å². The van der Waals surface area contributed by atoms with E-state index < -0.39 is 0 Å². The predicted octanol–water partition coefficient (Wildman–Crippen LogP) is 5.34. The van der Waals surface area contributed by atoms with Crippen LogP contribution in [-0.4, -0.2) is 34.8 Å². The van der Waals surface area contributed by atoms with Crippen LogP contribution in [0.15, 0.2) is 53.9 Å². The molecule has 1 fully saturated rings. The lowest BCUT2D eigenvalue weighted by Gasteiger charge is -2.27. The van der Waals surface area contributed by atoms with Crippen molar-refractivity contribution in [3.05, 3.63) is 70.2 Å².